The number of fused-ring (bicyclic) bond motifs is 1. The van der Waals surface area contributed by atoms with E-state index < -0.39 is 6.09 Å². The fraction of sp³-hybridized carbons (Fsp3) is 0.176. The molecular weight excluding hydrogens is 296 g/mol. The summed E-state index contributed by atoms with van der Waals surface area (Å²) in [6, 6.07) is 17.8. The van der Waals surface area contributed by atoms with Crippen LogP contribution in [-0.4, -0.2) is 23.8 Å². The fourth-order valence-corrected chi connectivity index (χ4v) is 3.32. The predicted molar refractivity (Wildman–Crippen MR) is 88.9 cm³/mol. The average Bonchev–Trinajstić information content (AvgIpc) is 2.55. The number of carbonyl (C=O) groups excluding carboxylic acids is 1. The number of carbonyl (C=O) groups is 1. The van der Waals surface area contributed by atoms with Crippen molar-refractivity contribution in [2.24, 2.45) is 4.99 Å². The molecule has 0 unspecified atom stereocenters. The lowest BCUT2D eigenvalue weighted by atomic mass is 10.1. The van der Waals surface area contributed by atoms with Gasteiger partial charge in [0.1, 0.15) is 5.37 Å². The highest BCUT2D eigenvalue weighted by Gasteiger charge is 2.26. The molecule has 0 spiro atoms. The SMILES string of the molecule is CCOC(=O)N[C@@H]1Sc2ccccc2N=C1c1ccccc1. The molecule has 1 atom stereocenters. The van der Waals surface area contributed by atoms with Crippen LogP contribution in [0, 0.1) is 0 Å². The van der Waals surface area contributed by atoms with Crippen molar-refractivity contribution in [2.75, 3.05) is 6.61 Å². The number of alkyl carbamates (subject to hydrolysis) is 1. The Morgan fingerprint density at radius 3 is 2.68 bits per heavy atom. The van der Waals surface area contributed by atoms with E-state index in [9.17, 15) is 4.79 Å². The molecule has 1 aliphatic rings. The van der Waals surface area contributed by atoms with Gasteiger partial charge >= 0.3 is 6.09 Å². The Kier molecular flexibility index (Phi) is 4.44. The smallest absolute Gasteiger partial charge is 0.408 e. The lowest BCUT2D eigenvalue weighted by Crippen LogP contribution is -2.40. The number of ether oxygens (including phenoxy) is 1. The van der Waals surface area contributed by atoms with Crippen LogP contribution in [0.25, 0.3) is 0 Å². The Morgan fingerprint density at radius 1 is 1.18 bits per heavy atom. The van der Waals surface area contributed by atoms with Crippen molar-refractivity contribution in [3.8, 4) is 0 Å². The summed E-state index contributed by atoms with van der Waals surface area (Å²) in [6.07, 6.45) is -0.428. The van der Waals surface area contributed by atoms with Crippen LogP contribution in [0.4, 0.5) is 10.5 Å². The number of hydrogen-bond acceptors (Lipinski definition) is 4. The second-order valence-electron chi connectivity index (χ2n) is 4.69. The number of rotatable bonds is 3. The summed E-state index contributed by atoms with van der Waals surface area (Å²) < 4.78 is 5.00. The first-order chi connectivity index (χ1) is 10.8. The molecule has 4 nitrogen and oxygen atoms in total. The van der Waals surface area contributed by atoms with E-state index in [0.717, 1.165) is 21.9 Å². The van der Waals surface area contributed by atoms with Gasteiger partial charge in [0.2, 0.25) is 0 Å². The molecule has 2 aromatic carbocycles. The molecule has 3 rings (SSSR count). The molecule has 0 saturated carbocycles. The zero-order chi connectivity index (χ0) is 15.4. The van der Waals surface area contributed by atoms with Gasteiger partial charge in [-0.3, -0.25) is 0 Å². The van der Waals surface area contributed by atoms with Gasteiger partial charge in [0.25, 0.3) is 0 Å². The van der Waals surface area contributed by atoms with Gasteiger partial charge in [0.15, 0.2) is 0 Å². The van der Waals surface area contributed by atoms with E-state index in [1.807, 2.05) is 54.6 Å². The largest absolute Gasteiger partial charge is 0.450 e. The first-order valence-corrected chi connectivity index (χ1v) is 7.99. The number of hydrogen-bond donors (Lipinski definition) is 1. The van der Waals surface area contributed by atoms with Crippen molar-refractivity contribution in [1.82, 2.24) is 5.32 Å². The van der Waals surface area contributed by atoms with E-state index >= 15 is 0 Å². The number of para-hydroxylation sites is 1. The summed E-state index contributed by atoms with van der Waals surface area (Å²) >= 11 is 1.57. The van der Waals surface area contributed by atoms with E-state index in [-0.39, 0.29) is 5.37 Å². The highest BCUT2D eigenvalue weighted by atomic mass is 32.2. The van der Waals surface area contributed by atoms with Gasteiger partial charge in [-0.05, 0) is 24.6 Å². The Bertz CT molecular complexity index is 701. The normalized spacial score (nSPS) is 16.4. The standard InChI is InChI=1S/C17H16N2O2S/c1-2-21-17(20)19-16-15(12-8-4-3-5-9-12)18-13-10-6-7-11-14(13)22-16/h3-11,16H,2H2,1H3,(H,19,20)/t16-/m1/s1. The number of aliphatic imine (C=N–C) groups is 1. The van der Waals surface area contributed by atoms with E-state index in [1.54, 1.807) is 18.7 Å². The molecule has 0 aliphatic carbocycles. The molecule has 0 saturated heterocycles. The molecule has 0 bridgehead atoms. The fourth-order valence-electron chi connectivity index (χ4n) is 2.22. The first-order valence-electron chi connectivity index (χ1n) is 7.11. The predicted octanol–water partition coefficient (Wildman–Crippen LogP) is 3.99. The lowest BCUT2D eigenvalue weighted by Gasteiger charge is -2.25. The van der Waals surface area contributed by atoms with Gasteiger partial charge in [-0.1, -0.05) is 54.2 Å². The maximum atomic E-state index is 11.8. The van der Waals surface area contributed by atoms with Crippen molar-refractivity contribution in [2.45, 2.75) is 17.2 Å². The number of benzene rings is 2. The molecule has 22 heavy (non-hydrogen) atoms. The quantitative estimate of drug-likeness (QED) is 0.932. The van der Waals surface area contributed by atoms with E-state index in [0.29, 0.717) is 6.61 Å². The summed E-state index contributed by atoms with van der Waals surface area (Å²) in [6.45, 7) is 2.13. The van der Waals surface area contributed by atoms with Crippen LogP contribution in [0.5, 0.6) is 0 Å². The minimum absolute atomic E-state index is 0.267. The van der Waals surface area contributed by atoms with Gasteiger partial charge in [0.05, 0.1) is 18.0 Å². The van der Waals surface area contributed by atoms with Crippen LogP contribution >= 0.6 is 11.8 Å². The van der Waals surface area contributed by atoms with Crippen LogP contribution in [0.2, 0.25) is 0 Å². The van der Waals surface area contributed by atoms with Gasteiger partial charge in [-0.25, -0.2) is 9.79 Å². The zero-order valence-electron chi connectivity index (χ0n) is 12.2. The molecule has 2 aromatic rings. The third kappa shape index (κ3) is 3.14. The van der Waals surface area contributed by atoms with Crippen LogP contribution in [0.15, 0.2) is 64.5 Å². The third-order valence-corrected chi connectivity index (χ3v) is 4.37. The van der Waals surface area contributed by atoms with E-state index in [2.05, 4.69) is 5.32 Å². The Hall–Kier alpha value is -2.27. The highest BCUT2D eigenvalue weighted by molar-refractivity contribution is 8.00. The maximum absolute atomic E-state index is 11.8. The van der Waals surface area contributed by atoms with Crippen LogP contribution < -0.4 is 5.32 Å². The molecule has 1 aliphatic heterocycles. The molecule has 0 aromatic heterocycles. The second-order valence-corrected chi connectivity index (χ2v) is 5.84. The topological polar surface area (TPSA) is 50.7 Å². The molecule has 0 fully saturated rings. The van der Waals surface area contributed by atoms with Crippen molar-refractivity contribution < 1.29 is 9.53 Å². The highest BCUT2D eigenvalue weighted by Crippen LogP contribution is 2.38. The molecule has 1 heterocycles. The van der Waals surface area contributed by atoms with Gasteiger partial charge in [0, 0.05) is 4.90 Å². The third-order valence-electron chi connectivity index (χ3n) is 3.19. The zero-order valence-corrected chi connectivity index (χ0v) is 13.0. The summed E-state index contributed by atoms with van der Waals surface area (Å²) in [5.41, 5.74) is 2.75. The van der Waals surface area contributed by atoms with Gasteiger partial charge in [-0.2, -0.15) is 0 Å². The summed E-state index contributed by atoms with van der Waals surface area (Å²) in [5.74, 6) is 0. The van der Waals surface area contributed by atoms with Crippen molar-refractivity contribution in [3.05, 3.63) is 60.2 Å². The average molecular weight is 312 g/mol. The summed E-state index contributed by atoms with van der Waals surface area (Å²) in [7, 11) is 0. The Morgan fingerprint density at radius 2 is 1.91 bits per heavy atom. The van der Waals surface area contributed by atoms with Crippen molar-refractivity contribution in [1.29, 1.82) is 0 Å². The number of nitrogens with one attached hydrogen (secondary N) is 1. The Labute approximate surface area is 133 Å². The van der Waals surface area contributed by atoms with E-state index in [1.165, 1.54) is 0 Å². The summed E-state index contributed by atoms with van der Waals surface area (Å²) in [5, 5.41) is 2.61. The van der Waals surface area contributed by atoms with Crippen molar-refractivity contribution >= 4 is 29.3 Å². The van der Waals surface area contributed by atoms with Gasteiger partial charge < -0.3 is 10.1 Å². The van der Waals surface area contributed by atoms with Crippen LogP contribution in [0.3, 0.4) is 0 Å². The van der Waals surface area contributed by atoms with Crippen LogP contribution in [-0.2, 0) is 4.74 Å². The first kappa shape index (κ1) is 14.7. The number of amides is 1. The molecule has 1 amide bonds. The monoisotopic (exact) mass is 312 g/mol. The minimum atomic E-state index is -0.428. The molecule has 5 heteroatoms. The molecule has 1 N–H and O–H groups in total. The number of nitrogens with zero attached hydrogens (tertiary/aromatic N) is 1. The van der Waals surface area contributed by atoms with Gasteiger partial charge in [-0.15, -0.1) is 0 Å². The minimum Gasteiger partial charge on any atom is -0.450 e. The lowest BCUT2D eigenvalue weighted by molar-refractivity contribution is 0.153. The number of thioether (sulfide) groups is 1. The van der Waals surface area contributed by atoms with Crippen molar-refractivity contribution in [3.63, 3.8) is 0 Å². The second kappa shape index (κ2) is 6.66. The van der Waals surface area contributed by atoms with E-state index in [4.69, 9.17) is 9.73 Å². The van der Waals surface area contributed by atoms with Crippen LogP contribution in [0.1, 0.15) is 12.5 Å². The molecule has 112 valence electrons. The Balaban J connectivity index is 1.96. The maximum Gasteiger partial charge on any atom is 0.408 e. The molecule has 0 radical (unpaired) electrons. The summed E-state index contributed by atoms with van der Waals surface area (Å²) in [4.78, 5) is 17.6. The molecular formula is C17H16N2O2S.